The SMILES string of the molecule is O=CC1(CN2CCSCC2)CCOCC1. The fraction of sp³-hybridized carbons (Fsp3) is 0.909. The summed E-state index contributed by atoms with van der Waals surface area (Å²) >= 11 is 2.01. The van der Waals surface area contributed by atoms with Crippen LogP contribution >= 0.6 is 11.8 Å². The number of carbonyl (C=O) groups excluding carboxylic acids is 1. The molecule has 0 unspecified atom stereocenters. The first kappa shape index (κ1) is 11.4. The third-order valence-corrected chi connectivity index (χ3v) is 4.32. The zero-order valence-corrected chi connectivity index (χ0v) is 9.93. The van der Waals surface area contributed by atoms with Gasteiger partial charge in [0.25, 0.3) is 0 Å². The van der Waals surface area contributed by atoms with Crippen molar-refractivity contribution in [1.29, 1.82) is 0 Å². The highest BCUT2D eigenvalue weighted by Gasteiger charge is 2.34. The summed E-state index contributed by atoms with van der Waals surface area (Å²) in [5.74, 6) is 2.43. The van der Waals surface area contributed by atoms with Gasteiger partial charge in [0.15, 0.2) is 0 Å². The number of aldehydes is 1. The van der Waals surface area contributed by atoms with Crippen LogP contribution < -0.4 is 0 Å². The number of thioether (sulfide) groups is 1. The molecule has 0 radical (unpaired) electrons. The van der Waals surface area contributed by atoms with E-state index in [9.17, 15) is 4.79 Å². The molecule has 2 aliphatic rings. The average Bonchev–Trinajstić information content (AvgIpc) is 2.32. The van der Waals surface area contributed by atoms with Gasteiger partial charge in [-0.3, -0.25) is 0 Å². The zero-order chi connectivity index (χ0) is 10.6. The van der Waals surface area contributed by atoms with E-state index < -0.39 is 0 Å². The normalized spacial score (nSPS) is 27.5. The van der Waals surface area contributed by atoms with Crippen molar-refractivity contribution in [3.8, 4) is 0 Å². The first-order valence-corrected chi connectivity index (χ1v) is 6.84. The van der Waals surface area contributed by atoms with Crippen LogP contribution in [0.5, 0.6) is 0 Å². The van der Waals surface area contributed by atoms with E-state index >= 15 is 0 Å². The van der Waals surface area contributed by atoms with E-state index in [-0.39, 0.29) is 5.41 Å². The molecule has 0 saturated carbocycles. The lowest BCUT2D eigenvalue weighted by Gasteiger charge is -2.38. The molecule has 2 fully saturated rings. The monoisotopic (exact) mass is 229 g/mol. The van der Waals surface area contributed by atoms with Crippen molar-refractivity contribution in [3.05, 3.63) is 0 Å². The van der Waals surface area contributed by atoms with Crippen molar-refractivity contribution < 1.29 is 9.53 Å². The molecule has 0 bridgehead atoms. The predicted octanol–water partition coefficient (Wildman–Crippen LogP) is 1.03. The van der Waals surface area contributed by atoms with Gasteiger partial charge in [0, 0.05) is 49.8 Å². The van der Waals surface area contributed by atoms with Crippen LogP contribution in [0.25, 0.3) is 0 Å². The summed E-state index contributed by atoms with van der Waals surface area (Å²) in [7, 11) is 0. The number of rotatable bonds is 3. The highest BCUT2D eigenvalue weighted by molar-refractivity contribution is 7.99. The molecule has 0 amide bonds. The van der Waals surface area contributed by atoms with Crippen LogP contribution in [0.15, 0.2) is 0 Å². The summed E-state index contributed by atoms with van der Waals surface area (Å²) in [5, 5.41) is 0. The predicted molar refractivity (Wildman–Crippen MR) is 62.3 cm³/mol. The van der Waals surface area contributed by atoms with Gasteiger partial charge in [-0.05, 0) is 12.8 Å². The smallest absolute Gasteiger partial charge is 0.127 e. The molecule has 2 saturated heterocycles. The van der Waals surface area contributed by atoms with E-state index in [2.05, 4.69) is 4.90 Å². The van der Waals surface area contributed by atoms with Crippen molar-refractivity contribution in [2.45, 2.75) is 12.8 Å². The van der Waals surface area contributed by atoms with Crippen LogP contribution in [-0.2, 0) is 9.53 Å². The molecule has 2 heterocycles. The summed E-state index contributed by atoms with van der Waals surface area (Å²) < 4.78 is 5.33. The van der Waals surface area contributed by atoms with Crippen molar-refractivity contribution in [2.75, 3.05) is 44.4 Å². The van der Waals surface area contributed by atoms with E-state index in [0.717, 1.165) is 45.7 Å². The number of ether oxygens (including phenoxy) is 1. The maximum absolute atomic E-state index is 11.3. The largest absolute Gasteiger partial charge is 0.381 e. The fourth-order valence-corrected chi connectivity index (χ4v) is 3.27. The van der Waals surface area contributed by atoms with E-state index in [4.69, 9.17) is 4.74 Å². The van der Waals surface area contributed by atoms with Crippen LogP contribution in [0.4, 0.5) is 0 Å². The van der Waals surface area contributed by atoms with Crippen molar-refractivity contribution in [1.82, 2.24) is 4.90 Å². The van der Waals surface area contributed by atoms with Crippen LogP contribution in [0.3, 0.4) is 0 Å². The van der Waals surface area contributed by atoms with Crippen molar-refractivity contribution in [2.24, 2.45) is 5.41 Å². The molecule has 15 heavy (non-hydrogen) atoms. The topological polar surface area (TPSA) is 29.5 Å². The molecule has 4 heteroatoms. The van der Waals surface area contributed by atoms with Gasteiger partial charge in [-0.15, -0.1) is 0 Å². The molecule has 0 atom stereocenters. The Morgan fingerprint density at radius 3 is 2.53 bits per heavy atom. The maximum Gasteiger partial charge on any atom is 0.127 e. The molecule has 3 nitrogen and oxygen atoms in total. The minimum atomic E-state index is -0.111. The van der Waals surface area contributed by atoms with Crippen LogP contribution in [0, 0.1) is 5.41 Å². The van der Waals surface area contributed by atoms with Gasteiger partial charge in [-0.25, -0.2) is 0 Å². The Bertz CT molecular complexity index is 211. The first-order valence-electron chi connectivity index (χ1n) is 5.69. The van der Waals surface area contributed by atoms with E-state index in [0.29, 0.717) is 0 Å². The highest BCUT2D eigenvalue weighted by atomic mass is 32.2. The lowest BCUT2D eigenvalue weighted by Crippen LogP contribution is -2.45. The molecular formula is C11H19NO2S. The van der Waals surface area contributed by atoms with Gasteiger partial charge in [-0.1, -0.05) is 0 Å². The fourth-order valence-electron chi connectivity index (χ4n) is 2.30. The van der Waals surface area contributed by atoms with Crippen LogP contribution in [0.1, 0.15) is 12.8 Å². The molecule has 2 aliphatic heterocycles. The minimum Gasteiger partial charge on any atom is -0.381 e. The summed E-state index contributed by atoms with van der Waals surface area (Å²) in [6, 6.07) is 0. The summed E-state index contributed by atoms with van der Waals surface area (Å²) in [6.07, 6.45) is 2.98. The molecule has 2 rings (SSSR count). The second-order valence-corrected chi connectivity index (χ2v) is 5.71. The molecular weight excluding hydrogens is 210 g/mol. The molecule has 0 spiro atoms. The van der Waals surface area contributed by atoms with E-state index in [1.54, 1.807) is 0 Å². The second-order valence-electron chi connectivity index (χ2n) is 4.48. The minimum absolute atomic E-state index is 0.111. The molecule has 86 valence electrons. The Hall–Kier alpha value is -0.0600. The number of nitrogens with zero attached hydrogens (tertiary/aromatic N) is 1. The third-order valence-electron chi connectivity index (χ3n) is 3.38. The van der Waals surface area contributed by atoms with Gasteiger partial charge < -0.3 is 14.4 Å². The Labute approximate surface area is 95.5 Å². The lowest BCUT2D eigenvalue weighted by atomic mass is 9.81. The van der Waals surface area contributed by atoms with Gasteiger partial charge in [-0.2, -0.15) is 11.8 Å². The van der Waals surface area contributed by atoms with Gasteiger partial charge in [0.2, 0.25) is 0 Å². The lowest BCUT2D eigenvalue weighted by molar-refractivity contribution is -0.123. The highest BCUT2D eigenvalue weighted by Crippen LogP contribution is 2.29. The summed E-state index contributed by atoms with van der Waals surface area (Å²) in [5.41, 5.74) is -0.111. The molecule has 0 aromatic carbocycles. The van der Waals surface area contributed by atoms with Gasteiger partial charge >= 0.3 is 0 Å². The van der Waals surface area contributed by atoms with Crippen LogP contribution in [-0.4, -0.2) is 55.5 Å². The van der Waals surface area contributed by atoms with Crippen molar-refractivity contribution >= 4 is 18.0 Å². The standard InChI is InChI=1S/C11H19NO2S/c13-10-11(1-5-14-6-2-11)9-12-3-7-15-8-4-12/h10H,1-9H2. The van der Waals surface area contributed by atoms with Gasteiger partial charge in [0.1, 0.15) is 6.29 Å². The Balaban J connectivity index is 1.90. The molecule has 0 aromatic rings. The number of carbonyl (C=O) groups is 1. The van der Waals surface area contributed by atoms with E-state index in [1.165, 1.54) is 17.8 Å². The Morgan fingerprint density at radius 1 is 1.27 bits per heavy atom. The number of hydrogen-bond acceptors (Lipinski definition) is 4. The Kier molecular flexibility index (Phi) is 4.05. The summed E-state index contributed by atoms with van der Waals surface area (Å²) in [6.45, 7) is 4.73. The third kappa shape index (κ3) is 2.95. The first-order chi connectivity index (χ1) is 7.35. The average molecular weight is 229 g/mol. The van der Waals surface area contributed by atoms with Crippen LogP contribution in [0.2, 0.25) is 0 Å². The molecule has 0 aromatic heterocycles. The maximum atomic E-state index is 11.3. The number of hydrogen-bond donors (Lipinski definition) is 0. The second kappa shape index (κ2) is 5.32. The quantitative estimate of drug-likeness (QED) is 0.676. The molecule has 0 aliphatic carbocycles. The zero-order valence-electron chi connectivity index (χ0n) is 9.11. The Morgan fingerprint density at radius 2 is 1.93 bits per heavy atom. The van der Waals surface area contributed by atoms with Crippen molar-refractivity contribution in [3.63, 3.8) is 0 Å². The summed E-state index contributed by atoms with van der Waals surface area (Å²) in [4.78, 5) is 13.7. The van der Waals surface area contributed by atoms with Gasteiger partial charge in [0.05, 0.1) is 0 Å². The van der Waals surface area contributed by atoms with E-state index in [1.807, 2.05) is 11.8 Å². The molecule has 0 N–H and O–H groups in total.